The molecule has 7 heteroatoms. The first-order valence-electron chi connectivity index (χ1n) is 8.55. The van der Waals surface area contributed by atoms with E-state index in [0.29, 0.717) is 5.92 Å². The van der Waals surface area contributed by atoms with Crippen molar-refractivity contribution >= 4 is 23.6 Å². The van der Waals surface area contributed by atoms with Crippen molar-refractivity contribution in [2.24, 2.45) is 5.92 Å². The van der Waals surface area contributed by atoms with Gasteiger partial charge in [0.15, 0.2) is 6.61 Å². The standard InChI is InChI=1S/C18H23FN2O4/c19-14-8-4-5-9-15(14)20-18(24)21-16(22)12-25-17(23)11-10-13-6-2-1-3-7-13/h4-5,8-9,13H,1-3,6-7,10-12H2,(H2,20,21,22,24). The van der Waals surface area contributed by atoms with Gasteiger partial charge in [-0.25, -0.2) is 9.18 Å². The highest BCUT2D eigenvalue weighted by molar-refractivity contribution is 6.01. The lowest BCUT2D eigenvalue weighted by molar-refractivity contribution is -0.148. The summed E-state index contributed by atoms with van der Waals surface area (Å²) in [5.41, 5.74) is -0.0442. The Morgan fingerprint density at radius 1 is 1.12 bits per heavy atom. The van der Waals surface area contributed by atoms with Gasteiger partial charge in [-0.1, -0.05) is 44.2 Å². The first-order valence-corrected chi connectivity index (χ1v) is 8.55. The molecule has 0 heterocycles. The van der Waals surface area contributed by atoms with Crippen LogP contribution < -0.4 is 10.6 Å². The Kier molecular flexibility index (Phi) is 7.37. The van der Waals surface area contributed by atoms with Crippen molar-refractivity contribution in [3.05, 3.63) is 30.1 Å². The monoisotopic (exact) mass is 350 g/mol. The maximum absolute atomic E-state index is 13.4. The maximum atomic E-state index is 13.4. The van der Waals surface area contributed by atoms with Crippen molar-refractivity contribution in [3.8, 4) is 0 Å². The Hall–Kier alpha value is -2.44. The lowest BCUT2D eigenvalue weighted by Gasteiger charge is -2.20. The van der Waals surface area contributed by atoms with Crippen molar-refractivity contribution in [1.82, 2.24) is 5.32 Å². The molecule has 136 valence electrons. The van der Waals surface area contributed by atoms with Crippen LogP contribution in [0, 0.1) is 11.7 Å². The minimum Gasteiger partial charge on any atom is -0.456 e. The number of benzene rings is 1. The van der Waals surface area contributed by atoms with Crippen LogP contribution in [0.3, 0.4) is 0 Å². The molecule has 0 bridgehead atoms. The quantitative estimate of drug-likeness (QED) is 0.770. The molecular weight excluding hydrogens is 327 g/mol. The molecule has 0 aliphatic heterocycles. The average molecular weight is 350 g/mol. The third kappa shape index (κ3) is 6.91. The molecule has 1 fully saturated rings. The minimum absolute atomic E-state index is 0.0442. The van der Waals surface area contributed by atoms with Gasteiger partial charge >= 0.3 is 12.0 Å². The van der Waals surface area contributed by atoms with E-state index < -0.39 is 30.3 Å². The van der Waals surface area contributed by atoms with Gasteiger partial charge in [0.25, 0.3) is 5.91 Å². The molecule has 2 N–H and O–H groups in total. The third-order valence-electron chi connectivity index (χ3n) is 4.22. The number of amides is 3. The van der Waals surface area contributed by atoms with E-state index in [1.54, 1.807) is 6.07 Å². The molecule has 1 aromatic rings. The first-order chi connectivity index (χ1) is 12.0. The predicted molar refractivity (Wildman–Crippen MR) is 90.3 cm³/mol. The zero-order valence-electron chi connectivity index (χ0n) is 14.1. The number of rotatable bonds is 6. The van der Waals surface area contributed by atoms with Gasteiger partial charge in [-0.05, 0) is 24.5 Å². The summed E-state index contributed by atoms with van der Waals surface area (Å²) in [6.45, 7) is -0.534. The number of carbonyl (C=O) groups excluding carboxylic acids is 3. The van der Waals surface area contributed by atoms with Crippen LogP contribution in [0.25, 0.3) is 0 Å². The van der Waals surface area contributed by atoms with Gasteiger partial charge in [-0.15, -0.1) is 0 Å². The van der Waals surface area contributed by atoms with E-state index in [1.165, 1.54) is 37.5 Å². The van der Waals surface area contributed by atoms with Crippen LogP contribution in [-0.2, 0) is 14.3 Å². The van der Waals surface area contributed by atoms with Gasteiger partial charge in [-0.2, -0.15) is 0 Å². The molecule has 0 spiro atoms. The molecule has 1 aliphatic carbocycles. The van der Waals surface area contributed by atoms with Crippen LogP contribution in [0.2, 0.25) is 0 Å². The Morgan fingerprint density at radius 2 is 1.84 bits per heavy atom. The van der Waals surface area contributed by atoms with Gasteiger partial charge < -0.3 is 10.1 Å². The zero-order chi connectivity index (χ0) is 18.1. The van der Waals surface area contributed by atoms with Crippen molar-refractivity contribution in [1.29, 1.82) is 0 Å². The molecule has 1 aliphatic rings. The molecule has 0 atom stereocenters. The maximum Gasteiger partial charge on any atom is 0.326 e. The molecule has 0 aromatic heterocycles. The highest BCUT2D eigenvalue weighted by Crippen LogP contribution is 2.27. The predicted octanol–water partition coefficient (Wildman–Crippen LogP) is 3.38. The molecule has 0 saturated heterocycles. The van der Waals surface area contributed by atoms with E-state index in [4.69, 9.17) is 4.74 Å². The lowest BCUT2D eigenvalue weighted by Crippen LogP contribution is -2.37. The number of anilines is 1. The van der Waals surface area contributed by atoms with Crippen LogP contribution in [0.4, 0.5) is 14.9 Å². The normalized spacial score (nSPS) is 14.6. The summed E-state index contributed by atoms with van der Waals surface area (Å²) in [6.07, 6.45) is 7.01. The second kappa shape index (κ2) is 9.76. The van der Waals surface area contributed by atoms with Crippen LogP contribution in [0.15, 0.2) is 24.3 Å². The van der Waals surface area contributed by atoms with Crippen molar-refractivity contribution in [2.45, 2.75) is 44.9 Å². The summed E-state index contributed by atoms with van der Waals surface area (Å²) in [4.78, 5) is 34.9. The van der Waals surface area contributed by atoms with Gasteiger partial charge in [0, 0.05) is 6.42 Å². The van der Waals surface area contributed by atoms with Crippen molar-refractivity contribution < 1.29 is 23.5 Å². The van der Waals surface area contributed by atoms with Crippen LogP contribution in [-0.4, -0.2) is 24.5 Å². The number of carbonyl (C=O) groups is 3. The zero-order valence-corrected chi connectivity index (χ0v) is 14.1. The number of esters is 1. The molecule has 0 radical (unpaired) electrons. The lowest BCUT2D eigenvalue weighted by atomic mass is 9.86. The highest BCUT2D eigenvalue weighted by atomic mass is 19.1. The highest BCUT2D eigenvalue weighted by Gasteiger charge is 2.16. The molecule has 6 nitrogen and oxygen atoms in total. The van der Waals surface area contributed by atoms with E-state index in [9.17, 15) is 18.8 Å². The largest absolute Gasteiger partial charge is 0.456 e. The minimum atomic E-state index is -0.881. The topological polar surface area (TPSA) is 84.5 Å². The van der Waals surface area contributed by atoms with Gasteiger partial charge in [0.1, 0.15) is 5.82 Å². The molecule has 0 unspecified atom stereocenters. The Labute approximate surface area is 146 Å². The van der Waals surface area contributed by atoms with E-state index >= 15 is 0 Å². The number of imide groups is 1. The number of ether oxygens (including phenoxy) is 1. The second-order valence-electron chi connectivity index (χ2n) is 6.19. The van der Waals surface area contributed by atoms with E-state index in [-0.39, 0.29) is 12.1 Å². The number of urea groups is 1. The molecular formula is C18H23FN2O4. The number of halogens is 1. The summed E-state index contributed by atoms with van der Waals surface area (Å²) >= 11 is 0. The average Bonchev–Trinajstić information content (AvgIpc) is 2.61. The fourth-order valence-electron chi connectivity index (χ4n) is 2.89. The van der Waals surface area contributed by atoms with Crippen molar-refractivity contribution in [3.63, 3.8) is 0 Å². The Balaban J connectivity index is 1.63. The number of hydrogen-bond donors (Lipinski definition) is 2. The van der Waals surface area contributed by atoms with Crippen molar-refractivity contribution in [2.75, 3.05) is 11.9 Å². The second-order valence-corrected chi connectivity index (χ2v) is 6.19. The Morgan fingerprint density at radius 3 is 2.56 bits per heavy atom. The van der Waals surface area contributed by atoms with E-state index in [1.807, 2.05) is 5.32 Å². The number of nitrogens with one attached hydrogen (secondary N) is 2. The molecule has 2 rings (SSSR count). The SMILES string of the molecule is O=C(COC(=O)CCC1CCCCC1)NC(=O)Nc1ccccc1F. The summed E-state index contributed by atoms with van der Waals surface area (Å²) in [5, 5.41) is 4.19. The third-order valence-corrected chi connectivity index (χ3v) is 4.22. The first kappa shape index (κ1) is 18.9. The summed E-state index contributed by atoms with van der Waals surface area (Å²) in [5.74, 6) is -1.27. The fraction of sp³-hybridized carbons (Fsp3) is 0.500. The van der Waals surface area contributed by atoms with E-state index in [2.05, 4.69) is 5.32 Å². The smallest absolute Gasteiger partial charge is 0.326 e. The molecule has 1 aromatic carbocycles. The number of hydrogen-bond acceptors (Lipinski definition) is 4. The summed E-state index contributed by atoms with van der Waals surface area (Å²) < 4.78 is 18.2. The fourth-order valence-corrected chi connectivity index (χ4v) is 2.89. The van der Waals surface area contributed by atoms with Gasteiger partial charge in [-0.3, -0.25) is 14.9 Å². The van der Waals surface area contributed by atoms with Gasteiger partial charge in [0.2, 0.25) is 0 Å². The number of para-hydroxylation sites is 1. The van der Waals surface area contributed by atoms with Crippen LogP contribution in [0.5, 0.6) is 0 Å². The molecule has 3 amide bonds. The molecule has 1 saturated carbocycles. The van der Waals surface area contributed by atoms with Gasteiger partial charge in [0.05, 0.1) is 5.69 Å². The van der Waals surface area contributed by atoms with E-state index in [0.717, 1.165) is 19.3 Å². The van der Waals surface area contributed by atoms with Crippen LogP contribution >= 0.6 is 0 Å². The summed E-state index contributed by atoms with van der Waals surface area (Å²) in [7, 11) is 0. The van der Waals surface area contributed by atoms with Crippen LogP contribution in [0.1, 0.15) is 44.9 Å². The molecule has 25 heavy (non-hydrogen) atoms. The summed E-state index contributed by atoms with van der Waals surface area (Å²) in [6, 6.07) is 4.70. The Bertz CT molecular complexity index is 615.